The van der Waals surface area contributed by atoms with E-state index >= 15 is 0 Å². The van der Waals surface area contributed by atoms with Crippen molar-refractivity contribution in [2.24, 2.45) is 11.0 Å². The molecule has 0 bridgehead atoms. The number of rotatable bonds is 3. The van der Waals surface area contributed by atoms with E-state index in [2.05, 4.69) is 17.5 Å². The highest BCUT2D eigenvalue weighted by molar-refractivity contribution is 5.97. The van der Waals surface area contributed by atoms with E-state index in [0.717, 1.165) is 37.3 Å². The van der Waals surface area contributed by atoms with Crippen LogP contribution in [0.25, 0.3) is 0 Å². The molecule has 4 heteroatoms. The number of hydrazone groups is 1. The number of carbonyl (C=O) groups is 1. The standard InChI is InChI=1S/C15H20N2O2/c1-11-7-9-12(10-8-11)16-17-15(18)13-5-3-4-6-14(13)19-2/h3-6,11H,7-10H2,1-2H3,(H,17,18). The Morgan fingerprint density at radius 2 is 2.00 bits per heavy atom. The molecule has 2 rings (SSSR count). The van der Waals surface area contributed by atoms with Crippen molar-refractivity contribution in [1.82, 2.24) is 5.43 Å². The van der Waals surface area contributed by atoms with Crippen LogP contribution in [0.15, 0.2) is 29.4 Å². The van der Waals surface area contributed by atoms with Crippen molar-refractivity contribution in [3.05, 3.63) is 29.8 Å². The van der Waals surface area contributed by atoms with E-state index in [-0.39, 0.29) is 5.91 Å². The van der Waals surface area contributed by atoms with E-state index in [1.807, 2.05) is 12.1 Å². The molecule has 0 atom stereocenters. The first-order chi connectivity index (χ1) is 9.20. The summed E-state index contributed by atoms with van der Waals surface area (Å²) < 4.78 is 5.16. The van der Waals surface area contributed by atoms with Gasteiger partial charge >= 0.3 is 0 Å². The van der Waals surface area contributed by atoms with Crippen molar-refractivity contribution >= 4 is 11.6 Å². The van der Waals surface area contributed by atoms with Crippen LogP contribution in [0.1, 0.15) is 43.0 Å². The van der Waals surface area contributed by atoms with Crippen LogP contribution in [0.2, 0.25) is 0 Å². The molecule has 0 aromatic heterocycles. The highest BCUT2D eigenvalue weighted by Gasteiger charge is 2.15. The van der Waals surface area contributed by atoms with E-state index in [0.29, 0.717) is 11.3 Å². The molecule has 1 aliphatic rings. The van der Waals surface area contributed by atoms with Crippen LogP contribution in [0.4, 0.5) is 0 Å². The first-order valence-corrected chi connectivity index (χ1v) is 6.69. The third-order valence-corrected chi connectivity index (χ3v) is 3.52. The maximum absolute atomic E-state index is 12.0. The minimum absolute atomic E-state index is 0.219. The number of hydrogen-bond donors (Lipinski definition) is 1. The summed E-state index contributed by atoms with van der Waals surface area (Å²) >= 11 is 0. The minimum Gasteiger partial charge on any atom is -0.496 e. The summed E-state index contributed by atoms with van der Waals surface area (Å²) in [6.07, 6.45) is 4.27. The van der Waals surface area contributed by atoms with Gasteiger partial charge in [-0.1, -0.05) is 19.1 Å². The zero-order chi connectivity index (χ0) is 13.7. The summed E-state index contributed by atoms with van der Waals surface area (Å²) in [7, 11) is 1.56. The third kappa shape index (κ3) is 3.56. The topological polar surface area (TPSA) is 50.7 Å². The quantitative estimate of drug-likeness (QED) is 0.849. The first-order valence-electron chi connectivity index (χ1n) is 6.69. The van der Waals surface area contributed by atoms with Gasteiger partial charge in [-0.2, -0.15) is 5.10 Å². The molecule has 1 N–H and O–H groups in total. The predicted molar refractivity (Wildman–Crippen MR) is 75.5 cm³/mol. The molecule has 19 heavy (non-hydrogen) atoms. The van der Waals surface area contributed by atoms with Gasteiger partial charge in [0.1, 0.15) is 5.75 Å². The van der Waals surface area contributed by atoms with Crippen LogP contribution in [0, 0.1) is 5.92 Å². The Morgan fingerprint density at radius 1 is 1.32 bits per heavy atom. The molecule has 0 heterocycles. The summed E-state index contributed by atoms with van der Waals surface area (Å²) in [6, 6.07) is 7.15. The number of amides is 1. The van der Waals surface area contributed by atoms with Gasteiger partial charge in [0, 0.05) is 5.71 Å². The van der Waals surface area contributed by atoms with Crippen LogP contribution in [-0.2, 0) is 0 Å². The van der Waals surface area contributed by atoms with E-state index in [1.165, 1.54) is 0 Å². The van der Waals surface area contributed by atoms with E-state index in [9.17, 15) is 4.79 Å². The molecular formula is C15H20N2O2. The number of benzene rings is 1. The molecule has 1 aromatic carbocycles. The van der Waals surface area contributed by atoms with Crippen LogP contribution in [0.3, 0.4) is 0 Å². The second kappa shape index (κ2) is 6.36. The van der Waals surface area contributed by atoms with Gasteiger partial charge in [0.2, 0.25) is 0 Å². The van der Waals surface area contributed by atoms with Gasteiger partial charge in [-0.25, -0.2) is 5.43 Å². The molecule has 0 saturated heterocycles. The highest BCUT2D eigenvalue weighted by Crippen LogP contribution is 2.21. The number of nitrogens with one attached hydrogen (secondary N) is 1. The molecule has 4 nitrogen and oxygen atoms in total. The summed E-state index contributed by atoms with van der Waals surface area (Å²) in [5.41, 5.74) is 4.22. The lowest BCUT2D eigenvalue weighted by atomic mass is 9.90. The number of nitrogens with zero attached hydrogens (tertiary/aromatic N) is 1. The fourth-order valence-electron chi connectivity index (χ4n) is 2.23. The molecule has 0 unspecified atom stereocenters. The fourth-order valence-corrected chi connectivity index (χ4v) is 2.23. The molecule has 0 spiro atoms. The molecule has 102 valence electrons. The molecule has 0 radical (unpaired) electrons. The van der Waals surface area contributed by atoms with Gasteiger partial charge < -0.3 is 4.74 Å². The normalized spacial score (nSPS) is 18.8. The molecule has 1 fully saturated rings. The number of hydrogen-bond acceptors (Lipinski definition) is 3. The number of carbonyl (C=O) groups excluding carboxylic acids is 1. The van der Waals surface area contributed by atoms with Crippen molar-refractivity contribution in [3.63, 3.8) is 0 Å². The lowest BCUT2D eigenvalue weighted by Crippen LogP contribution is -2.22. The Labute approximate surface area is 113 Å². The summed E-state index contributed by atoms with van der Waals surface area (Å²) in [6.45, 7) is 2.25. The van der Waals surface area contributed by atoms with Gasteiger partial charge in [-0.05, 0) is 43.7 Å². The number of para-hydroxylation sites is 1. The molecule has 1 aliphatic carbocycles. The van der Waals surface area contributed by atoms with Crippen LogP contribution >= 0.6 is 0 Å². The van der Waals surface area contributed by atoms with Gasteiger partial charge in [0.15, 0.2) is 0 Å². The van der Waals surface area contributed by atoms with Crippen molar-refractivity contribution in [1.29, 1.82) is 0 Å². The van der Waals surface area contributed by atoms with Crippen LogP contribution < -0.4 is 10.2 Å². The highest BCUT2D eigenvalue weighted by atomic mass is 16.5. The van der Waals surface area contributed by atoms with Crippen LogP contribution in [-0.4, -0.2) is 18.7 Å². The Hall–Kier alpha value is -1.84. The maximum atomic E-state index is 12.0. The second-order valence-electron chi connectivity index (χ2n) is 5.00. The number of ether oxygens (including phenoxy) is 1. The van der Waals surface area contributed by atoms with Crippen molar-refractivity contribution in [2.75, 3.05) is 7.11 Å². The molecule has 0 aliphatic heterocycles. The molecule has 1 saturated carbocycles. The Balaban J connectivity index is 1.99. The first kappa shape index (κ1) is 13.6. The lowest BCUT2D eigenvalue weighted by molar-refractivity contribution is 0.0951. The Morgan fingerprint density at radius 3 is 2.68 bits per heavy atom. The minimum atomic E-state index is -0.219. The molecule has 1 amide bonds. The zero-order valence-electron chi connectivity index (χ0n) is 11.5. The van der Waals surface area contributed by atoms with Crippen molar-refractivity contribution in [3.8, 4) is 5.75 Å². The smallest absolute Gasteiger partial charge is 0.275 e. The molecular weight excluding hydrogens is 240 g/mol. The summed E-state index contributed by atoms with van der Waals surface area (Å²) in [5, 5.41) is 4.23. The molecule has 1 aromatic rings. The van der Waals surface area contributed by atoms with Gasteiger partial charge in [-0.15, -0.1) is 0 Å². The van der Waals surface area contributed by atoms with E-state index in [4.69, 9.17) is 4.74 Å². The average molecular weight is 260 g/mol. The SMILES string of the molecule is COc1ccccc1C(=O)NN=C1CCC(C)CC1. The summed E-state index contributed by atoms with van der Waals surface area (Å²) in [5.74, 6) is 1.12. The van der Waals surface area contributed by atoms with Crippen molar-refractivity contribution < 1.29 is 9.53 Å². The number of methoxy groups -OCH3 is 1. The third-order valence-electron chi connectivity index (χ3n) is 3.52. The predicted octanol–water partition coefficient (Wildman–Crippen LogP) is 2.99. The average Bonchev–Trinajstić information content (AvgIpc) is 2.46. The summed E-state index contributed by atoms with van der Waals surface area (Å²) in [4.78, 5) is 12.0. The van der Waals surface area contributed by atoms with Crippen LogP contribution in [0.5, 0.6) is 5.75 Å². The van der Waals surface area contributed by atoms with Gasteiger partial charge in [-0.3, -0.25) is 4.79 Å². The van der Waals surface area contributed by atoms with Gasteiger partial charge in [0.05, 0.1) is 12.7 Å². The Bertz CT molecular complexity index is 473. The maximum Gasteiger partial charge on any atom is 0.275 e. The van der Waals surface area contributed by atoms with Crippen molar-refractivity contribution in [2.45, 2.75) is 32.6 Å². The monoisotopic (exact) mass is 260 g/mol. The second-order valence-corrected chi connectivity index (χ2v) is 5.00. The fraction of sp³-hybridized carbons (Fsp3) is 0.467. The van der Waals surface area contributed by atoms with Gasteiger partial charge in [0.25, 0.3) is 5.91 Å². The Kier molecular flexibility index (Phi) is 4.55. The van der Waals surface area contributed by atoms with E-state index < -0.39 is 0 Å². The zero-order valence-corrected chi connectivity index (χ0v) is 11.5. The lowest BCUT2D eigenvalue weighted by Gasteiger charge is -2.18. The largest absolute Gasteiger partial charge is 0.496 e. The van der Waals surface area contributed by atoms with E-state index in [1.54, 1.807) is 19.2 Å².